The molecule has 4 unspecified atom stereocenters. The summed E-state index contributed by atoms with van der Waals surface area (Å²) in [5.74, 6) is 0. The van der Waals surface area contributed by atoms with Crippen LogP contribution in [0.1, 0.15) is 44.5 Å². The topological polar surface area (TPSA) is 61.9 Å². The van der Waals surface area contributed by atoms with Crippen LogP contribution in [0.2, 0.25) is 0 Å². The zero-order valence-electron chi connectivity index (χ0n) is 46.7. The Morgan fingerprint density at radius 1 is 0.198 bits per heavy atom. The Kier molecular flexibility index (Phi) is 4.49. The molecule has 0 aromatic heterocycles. The molecule has 0 N–H and O–H groups in total. The minimum absolute atomic E-state index is 0.251. The van der Waals surface area contributed by atoms with E-state index in [0.29, 0.717) is 66.1 Å². The normalized spacial score (nSPS) is 25.6. The van der Waals surface area contributed by atoms with E-state index < -0.39 is 0 Å². The molecule has 86 heavy (non-hydrogen) atoms. The van der Waals surface area contributed by atoms with Gasteiger partial charge in [0.15, 0.2) is 0 Å². The number of nitrogens with zero attached hydrogens (tertiary/aromatic N) is 2. The van der Waals surface area contributed by atoms with E-state index in [-0.39, 0.29) is 21.7 Å². The van der Waals surface area contributed by atoms with Crippen LogP contribution in [0.15, 0.2) is 0 Å². The number of benzene rings is 16. The smallest absolute Gasteiger partial charge is 0.0701 e. The molecule has 2 fully saturated rings. The van der Waals surface area contributed by atoms with Gasteiger partial charge in [0.25, 0.3) is 0 Å². The van der Waals surface area contributed by atoms with E-state index in [2.05, 4.69) is 9.80 Å². The molecule has 24 aromatic rings. The molecular weight excluding hydrogens is 1060 g/mol. The van der Waals surface area contributed by atoms with E-state index in [1.807, 2.05) is 0 Å². The van der Waals surface area contributed by atoms with Crippen LogP contribution in [0, 0.1) is 0 Å². The molecule has 10 aliphatic rings. The predicted octanol–water partition coefficient (Wildman–Crippen LogP) is 14.8. The highest BCUT2D eigenvalue weighted by Gasteiger charge is 2.77. The summed E-state index contributed by atoms with van der Waals surface area (Å²) in [6, 6.07) is 0. The highest BCUT2D eigenvalue weighted by Crippen LogP contribution is 2.88. The number of hydrogen-bond acceptors (Lipinski definition) is 8. The molecule has 4 spiro atoms. The first-order valence-electron chi connectivity index (χ1n) is 32.5. The highest BCUT2D eigenvalue weighted by molar-refractivity contribution is 6.78. The summed E-state index contributed by atoms with van der Waals surface area (Å²) in [5.41, 5.74) is 13.2. The van der Waals surface area contributed by atoms with Gasteiger partial charge in [0, 0.05) is 53.5 Å². The van der Waals surface area contributed by atoms with Crippen molar-refractivity contribution in [2.75, 3.05) is 120 Å². The maximum Gasteiger partial charge on any atom is 0.0701 e. The molecule has 8 nitrogen and oxygen atoms in total. The van der Waals surface area contributed by atoms with Gasteiger partial charge in [-0.15, -0.1) is 0 Å². The van der Waals surface area contributed by atoms with Crippen molar-refractivity contribution in [2.24, 2.45) is 0 Å². The molecule has 8 aliphatic carbocycles. The van der Waals surface area contributed by atoms with E-state index in [1.54, 1.807) is 317 Å². The monoisotopic (exact) mass is 1100 g/mol. The Morgan fingerprint density at radius 3 is 0.523 bits per heavy atom. The molecule has 396 valence electrons. The molecule has 2 heterocycles. The predicted molar refractivity (Wildman–Crippen MR) is 347 cm³/mol. The molecule has 0 bridgehead atoms. The lowest BCUT2D eigenvalue weighted by molar-refractivity contribution is 0.0204. The average Bonchev–Trinajstić information content (AvgIpc) is 1.38. The molecule has 8 heteroatoms. The zero-order chi connectivity index (χ0) is 53.0. The molecule has 2 saturated heterocycles. The lowest BCUT2D eigenvalue weighted by Gasteiger charge is -2.51. The summed E-state index contributed by atoms with van der Waals surface area (Å²) >= 11 is 0. The van der Waals surface area contributed by atoms with Crippen molar-refractivity contribution < 1.29 is 28.4 Å². The maximum absolute atomic E-state index is 6.67. The van der Waals surface area contributed by atoms with E-state index >= 15 is 0 Å². The van der Waals surface area contributed by atoms with Crippen molar-refractivity contribution >= 4 is 259 Å². The molecule has 0 radical (unpaired) electrons. The van der Waals surface area contributed by atoms with Gasteiger partial charge >= 0.3 is 0 Å². The fourth-order valence-electron chi connectivity index (χ4n) is 28.9. The average molecular weight is 1100 g/mol. The quantitative estimate of drug-likeness (QED) is 0.0622. The molecular formula is C78H38N2O6. The van der Waals surface area contributed by atoms with Gasteiger partial charge in [-0.05, 0) is 303 Å². The Hall–Kier alpha value is -7.60. The summed E-state index contributed by atoms with van der Waals surface area (Å²) in [6.07, 6.45) is 0. The van der Waals surface area contributed by atoms with Crippen molar-refractivity contribution in [1.82, 2.24) is 9.80 Å². The first-order valence-corrected chi connectivity index (χ1v) is 32.5. The van der Waals surface area contributed by atoms with Crippen LogP contribution in [0.4, 0.5) is 0 Å². The Bertz CT molecular complexity index is 7130. The van der Waals surface area contributed by atoms with Gasteiger partial charge in [-0.25, -0.2) is 0 Å². The molecule has 34 rings (SSSR count). The maximum atomic E-state index is 6.67. The zero-order valence-corrected chi connectivity index (χ0v) is 46.7. The van der Waals surface area contributed by atoms with Gasteiger partial charge in [0.2, 0.25) is 0 Å². The number of likely N-dealkylation sites (tertiary alicyclic amines) is 2. The molecule has 2 aliphatic heterocycles. The number of methoxy groups -OCH3 is 2. The van der Waals surface area contributed by atoms with Crippen molar-refractivity contribution in [3.8, 4) is 0 Å². The molecule has 4 atom stereocenters. The standard InChI is InChI=1S/C78H38N2O6/c1-81-7-9-85-13-11-83-5-3-79-15-75-67-51-40-29-22-23-27-20-19-24-21-25(20)36-45-34(27)41-30(23)32-31(29)42-39-43(32)54-52(41)68-56(45)58-47(36)38-28(21)37-46-35(24)44(33(40)26(19)22)55(67)57(46)69-59-48(37)49(38)60-64-63(59)73(77(69,75)17-79)65-61(71(75)53(42)51)50(39)62-66(65)74(64)78(70(58)60)18-80(16-76(68,78)72(54)62)4-6-84-12-14-86-10-8-82-2/h3-18H2,1-2H3. The SMILES string of the molecule is COCCOCCOCCN1CC23c4c5c6c7c8c4c4c2c2c9c%10c%11c%12c(c5c5c6c6c%13c%14c%15c%16c%17c(c8c8c4c4c2c2c9c9c%11c%11c%18c%12c5c%13c%18c5c%14c%12c%16c%13c%17c8c4c4c2c2c9c%11c5c%12c2c%134)C72CN(CCOCCOCCOC)CC6%152)C%103C1. The number of ether oxygens (including phenoxy) is 6. The first kappa shape index (κ1) is 38.5. The molecule has 0 amide bonds. The second kappa shape index (κ2) is 10.0. The molecule has 0 saturated carbocycles. The van der Waals surface area contributed by atoms with Gasteiger partial charge in [-0.3, -0.25) is 9.80 Å². The van der Waals surface area contributed by atoms with Gasteiger partial charge in [-0.1, -0.05) is 0 Å². The summed E-state index contributed by atoms with van der Waals surface area (Å²) < 4.78 is 36.0. The number of rotatable bonds is 18. The summed E-state index contributed by atoms with van der Waals surface area (Å²) in [7, 11) is 3.50. The Labute approximate surface area is 479 Å². The van der Waals surface area contributed by atoms with Gasteiger partial charge in [-0.2, -0.15) is 0 Å². The summed E-state index contributed by atoms with van der Waals surface area (Å²) in [4.78, 5) is 5.95. The largest absolute Gasteiger partial charge is 0.382 e. The fourth-order valence-corrected chi connectivity index (χ4v) is 28.9. The van der Waals surface area contributed by atoms with Crippen LogP contribution in [0.5, 0.6) is 0 Å². The van der Waals surface area contributed by atoms with Crippen LogP contribution in [-0.4, -0.2) is 129 Å². The third-order valence-electron chi connectivity index (χ3n) is 29.4. The first-order chi connectivity index (χ1) is 42.8. The minimum atomic E-state index is -0.258. The fraction of sp³-hybridized carbons (Fsp3) is 0.282. The Balaban J connectivity index is 0.861. The lowest BCUT2D eigenvalue weighted by Crippen LogP contribution is -2.51. The highest BCUT2D eigenvalue weighted by atomic mass is 16.5. The Morgan fingerprint density at radius 2 is 0.337 bits per heavy atom. The van der Waals surface area contributed by atoms with Crippen molar-refractivity contribution in [2.45, 2.75) is 21.7 Å². The second-order valence-corrected chi connectivity index (χ2v) is 30.5. The van der Waals surface area contributed by atoms with Crippen molar-refractivity contribution in [3.05, 3.63) is 44.5 Å². The van der Waals surface area contributed by atoms with E-state index in [0.717, 1.165) is 39.3 Å². The summed E-state index contributed by atoms with van der Waals surface area (Å²) in [6.45, 7) is 12.2. The van der Waals surface area contributed by atoms with E-state index in [9.17, 15) is 0 Å². The van der Waals surface area contributed by atoms with Gasteiger partial charge in [0.1, 0.15) is 0 Å². The number of hydrogen-bond donors (Lipinski definition) is 0. The van der Waals surface area contributed by atoms with Crippen LogP contribution in [-0.2, 0) is 50.1 Å². The van der Waals surface area contributed by atoms with Gasteiger partial charge in [0.05, 0.1) is 87.7 Å². The van der Waals surface area contributed by atoms with Crippen molar-refractivity contribution in [3.63, 3.8) is 0 Å². The van der Waals surface area contributed by atoms with Crippen molar-refractivity contribution in [1.29, 1.82) is 0 Å². The second-order valence-electron chi connectivity index (χ2n) is 30.5. The van der Waals surface area contributed by atoms with Crippen LogP contribution in [0.25, 0.3) is 259 Å². The van der Waals surface area contributed by atoms with Crippen LogP contribution in [0.3, 0.4) is 0 Å². The third kappa shape index (κ3) is 2.48. The molecule has 24 aromatic carbocycles. The van der Waals surface area contributed by atoms with E-state index in [4.69, 9.17) is 28.4 Å². The lowest BCUT2D eigenvalue weighted by atomic mass is 9.49. The minimum Gasteiger partial charge on any atom is -0.382 e. The van der Waals surface area contributed by atoms with Gasteiger partial charge < -0.3 is 28.4 Å². The van der Waals surface area contributed by atoms with Crippen LogP contribution < -0.4 is 0 Å². The summed E-state index contributed by atoms with van der Waals surface area (Å²) in [5, 5.41) is 80.6. The van der Waals surface area contributed by atoms with E-state index in [1.165, 1.54) is 0 Å². The third-order valence-corrected chi connectivity index (χ3v) is 29.4. The van der Waals surface area contributed by atoms with Crippen LogP contribution >= 0.6 is 0 Å².